The number of hydrogen-bond donors (Lipinski definition) is 1. The Hall–Kier alpha value is -2.12. The lowest BCUT2D eigenvalue weighted by Gasteiger charge is -2.34. The van der Waals surface area contributed by atoms with Crippen LogP contribution in [0, 0.1) is 0 Å². The van der Waals surface area contributed by atoms with Crippen molar-refractivity contribution in [3.8, 4) is 5.75 Å². The number of carbonyl (C=O) groups is 2. The highest BCUT2D eigenvalue weighted by molar-refractivity contribution is 5.98. The molecule has 1 saturated heterocycles. The number of benzene rings is 1. The van der Waals surface area contributed by atoms with E-state index in [1.165, 1.54) is 0 Å². The van der Waals surface area contributed by atoms with Crippen molar-refractivity contribution >= 4 is 23.3 Å². The number of nitrogens with zero attached hydrogens (tertiary/aromatic N) is 2. The molecule has 7 heteroatoms. The smallest absolute Gasteiger partial charge is 0.311 e. The van der Waals surface area contributed by atoms with Crippen LogP contribution < -0.4 is 15.4 Å². The number of nitrogens with two attached hydrogens (primary N) is 1. The molecule has 0 atom stereocenters. The monoisotopic (exact) mass is 335 g/mol. The second-order valence-corrected chi connectivity index (χ2v) is 5.54. The maximum Gasteiger partial charge on any atom is 0.311 e. The van der Waals surface area contributed by atoms with Crippen LogP contribution in [0.5, 0.6) is 5.75 Å². The fourth-order valence-corrected chi connectivity index (χ4v) is 2.56. The molecule has 0 aromatic heterocycles. The Morgan fingerprint density at radius 1 is 1.29 bits per heavy atom. The van der Waals surface area contributed by atoms with E-state index in [1.54, 1.807) is 30.0 Å². The van der Waals surface area contributed by atoms with E-state index in [0.29, 0.717) is 37.7 Å². The van der Waals surface area contributed by atoms with Gasteiger partial charge in [-0.1, -0.05) is 13.0 Å². The molecule has 2 rings (SSSR count). The minimum Gasteiger partial charge on any atom is -0.422 e. The summed E-state index contributed by atoms with van der Waals surface area (Å²) in [7, 11) is 0. The number of esters is 1. The number of amides is 1. The van der Waals surface area contributed by atoms with Gasteiger partial charge in [0, 0.05) is 32.7 Å². The summed E-state index contributed by atoms with van der Waals surface area (Å²) in [5.74, 6) is -0.158. The van der Waals surface area contributed by atoms with E-state index in [4.69, 9.17) is 15.2 Å². The van der Waals surface area contributed by atoms with E-state index in [2.05, 4.69) is 4.90 Å². The number of nitrogen functional groups attached to an aromatic ring is 1. The van der Waals surface area contributed by atoms with Crippen molar-refractivity contribution in [1.29, 1.82) is 0 Å². The lowest BCUT2D eigenvalue weighted by Crippen LogP contribution is -2.51. The molecule has 0 bridgehead atoms. The van der Waals surface area contributed by atoms with Crippen LogP contribution in [-0.4, -0.2) is 56.2 Å². The highest BCUT2D eigenvalue weighted by atomic mass is 16.5. The first-order chi connectivity index (χ1) is 11.6. The number of para-hydroxylation sites is 1. The summed E-state index contributed by atoms with van der Waals surface area (Å²) in [4.78, 5) is 27.8. The van der Waals surface area contributed by atoms with E-state index >= 15 is 0 Å². The van der Waals surface area contributed by atoms with Gasteiger partial charge in [0.15, 0.2) is 5.75 Å². The zero-order chi connectivity index (χ0) is 17.5. The number of carbonyl (C=O) groups excluding carboxylic acids is 2. The quantitative estimate of drug-likeness (QED) is 0.350. The van der Waals surface area contributed by atoms with Gasteiger partial charge in [0.25, 0.3) is 0 Å². The summed E-state index contributed by atoms with van der Waals surface area (Å²) in [5.41, 5.74) is 6.84. The van der Waals surface area contributed by atoms with Gasteiger partial charge < -0.3 is 20.1 Å². The van der Waals surface area contributed by atoms with Gasteiger partial charge in [-0.3, -0.25) is 14.5 Å². The molecule has 1 fully saturated rings. The van der Waals surface area contributed by atoms with E-state index in [0.717, 1.165) is 13.1 Å². The van der Waals surface area contributed by atoms with Gasteiger partial charge in [-0.15, -0.1) is 0 Å². The van der Waals surface area contributed by atoms with E-state index in [1.807, 2.05) is 6.92 Å². The third kappa shape index (κ3) is 4.46. The topological polar surface area (TPSA) is 85.1 Å². The molecule has 1 aromatic carbocycles. The van der Waals surface area contributed by atoms with Crippen molar-refractivity contribution < 1.29 is 19.1 Å². The summed E-state index contributed by atoms with van der Waals surface area (Å²) in [5, 5.41) is 0. The molecule has 7 nitrogen and oxygen atoms in total. The second kappa shape index (κ2) is 8.65. The van der Waals surface area contributed by atoms with Crippen LogP contribution in [0.15, 0.2) is 18.2 Å². The summed E-state index contributed by atoms with van der Waals surface area (Å²) < 4.78 is 10.7. The summed E-state index contributed by atoms with van der Waals surface area (Å²) in [6, 6.07) is 5.16. The normalized spacial score (nSPS) is 15.6. The minimum atomic E-state index is -0.378. The predicted octanol–water partition coefficient (Wildman–Crippen LogP) is 1.27. The number of ether oxygens (including phenoxy) is 2. The van der Waals surface area contributed by atoms with Gasteiger partial charge in [0.2, 0.25) is 5.91 Å². The van der Waals surface area contributed by atoms with Gasteiger partial charge in [-0.25, -0.2) is 0 Å². The average Bonchev–Trinajstić information content (AvgIpc) is 2.57. The van der Waals surface area contributed by atoms with Crippen molar-refractivity contribution in [2.24, 2.45) is 0 Å². The molecular formula is C17H25N3O4. The molecule has 1 heterocycles. The Morgan fingerprint density at radius 2 is 2.08 bits per heavy atom. The SMILES string of the molecule is CCOCCN1CCN(c2cccc(N)c2OC(=O)CC)C(=O)C1. The molecule has 0 spiro atoms. The van der Waals surface area contributed by atoms with Crippen molar-refractivity contribution in [2.75, 3.05) is 50.0 Å². The van der Waals surface area contributed by atoms with Crippen LogP contribution in [0.1, 0.15) is 20.3 Å². The Bertz CT molecular complexity index is 591. The van der Waals surface area contributed by atoms with Gasteiger partial charge in [0.1, 0.15) is 0 Å². The van der Waals surface area contributed by atoms with Crippen molar-refractivity contribution in [1.82, 2.24) is 4.90 Å². The Labute approximate surface area is 142 Å². The van der Waals surface area contributed by atoms with Crippen LogP contribution in [-0.2, 0) is 14.3 Å². The highest BCUT2D eigenvalue weighted by Gasteiger charge is 2.28. The number of rotatable bonds is 7. The van der Waals surface area contributed by atoms with Crippen molar-refractivity contribution in [3.05, 3.63) is 18.2 Å². The van der Waals surface area contributed by atoms with Crippen LogP contribution in [0.4, 0.5) is 11.4 Å². The molecule has 2 N–H and O–H groups in total. The van der Waals surface area contributed by atoms with Crippen LogP contribution in [0.3, 0.4) is 0 Å². The van der Waals surface area contributed by atoms with Crippen LogP contribution >= 0.6 is 0 Å². The zero-order valence-electron chi connectivity index (χ0n) is 14.3. The second-order valence-electron chi connectivity index (χ2n) is 5.54. The fraction of sp³-hybridized carbons (Fsp3) is 0.529. The third-order valence-corrected chi connectivity index (χ3v) is 3.88. The molecule has 1 aromatic rings. The molecule has 1 aliphatic heterocycles. The minimum absolute atomic E-state index is 0.0443. The average molecular weight is 335 g/mol. The molecule has 132 valence electrons. The fourth-order valence-electron chi connectivity index (χ4n) is 2.56. The first-order valence-electron chi connectivity index (χ1n) is 8.26. The van der Waals surface area contributed by atoms with Crippen molar-refractivity contribution in [3.63, 3.8) is 0 Å². The number of hydrogen-bond acceptors (Lipinski definition) is 6. The Kier molecular flexibility index (Phi) is 6.57. The summed E-state index contributed by atoms with van der Waals surface area (Å²) in [6.07, 6.45) is 0.243. The van der Waals surface area contributed by atoms with E-state index in [9.17, 15) is 9.59 Å². The largest absolute Gasteiger partial charge is 0.422 e. The molecular weight excluding hydrogens is 310 g/mol. The molecule has 0 aliphatic carbocycles. The lowest BCUT2D eigenvalue weighted by molar-refractivity contribution is -0.134. The Morgan fingerprint density at radius 3 is 2.75 bits per heavy atom. The number of piperazine rings is 1. The first kappa shape index (κ1) is 18.2. The van der Waals surface area contributed by atoms with E-state index < -0.39 is 0 Å². The van der Waals surface area contributed by atoms with E-state index in [-0.39, 0.29) is 24.0 Å². The Balaban J connectivity index is 2.11. The van der Waals surface area contributed by atoms with Crippen molar-refractivity contribution in [2.45, 2.75) is 20.3 Å². The highest BCUT2D eigenvalue weighted by Crippen LogP contribution is 2.35. The van der Waals surface area contributed by atoms with Gasteiger partial charge in [-0.2, -0.15) is 0 Å². The van der Waals surface area contributed by atoms with Crippen LogP contribution in [0.25, 0.3) is 0 Å². The van der Waals surface area contributed by atoms with Crippen LogP contribution in [0.2, 0.25) is 0 Å². The van der Waals surface area contributed by atoms with Gasteiger partial charge in [-0.05, 0) is 19.1 Å². The summed E-state index contributed by atoms with van der Waals surface area (Å²) >= 11 is 0. The molecule has 1 amide bonds. The molecule has 0 unspecified atom stereocenters. The summed E-state index contributed by atoms with van der Waals surface area (Å²) in [6.45, 7) is 7.22. The maximum atomic E-state index is 12.5. The zero-order valence-corrected chi connectivity index (χ0v) is 14.3. The predicted molar refractivity (Wildman–Crippen MR) is 92.1 cm³/mol. The third-order valence-electron chi connectivity index (χ3n) is 3.88. The van der Waals surface area contributed by atoms with Gasteiger partial charge in [0.05, 0.1) is 24.5 Å². The lowest BCUT2D eigenvalue weighted by atomic mass is 10.2. The first-order valence-corrected chi connectivity index (χ1v) is 8.26. The van der Waals surface area contributed by atoms with Gasteiger partial charge >= 0.3 is 5.97 Å². The maximum absolute atomic E-state index is 12.5. The molecule has 0 radical (unpaired) electrons. The molecule has 0 saturated carbocycles. The molecule has 24 heavy (non-hydrogen) atoms. The number of anilines is 2. The standard InChI is InChI=1S/C17H25N3O4/c1-3-16(22)24-17-13(18)6-5-7-14(17)20-9-8-19(12-15(20)21)10-11-23-4-2/h5-7H,3-4,8-12,18H2,1-2H3. The molecule has 1 aliphatic rings.